The molecule has 7 heteroatoms. The van der Waals surface area contributed by atoms with Gasteiger partial charge in [0.25, 0.3) is 0 Å². The van der Waals surface area contributed by atoms with E-state index in [0.717, 1.165) is 5.56 Å². The first kappa shape index (κ1) is 15.9. The van der Waals surface area contributed by atoms with Crippen LogP contribution in [0.4, 0.5) is 14.9 Å². The molecule has 1 aliphatic heterocycles. The third kappa shape index (κ3) is 3.87. The smallest absolute Gasteiger partial charge is 0.315 e. The van der Waals surface area contributed by atoms with Gasteiger partial charge in [0.05, 0.1) is 6.04 Å². The van der Waals surface area contributed by atoms with Gasteiger partial charge in [0, 0.05) is 37.6 Å². The summed E-state index contributed by atoms with van der Waals surface area (Å²) in [6.07, 6.45) is 3.56. The standard InChI is InChI=1S/C17H17FN4O2/c18-13-3-5-15(6-4-13)22-11-14(8-16(22)23)21-17(24)20-10-12-2-1-7-19-9-12/h1-7,9,14H,8,10-11H2,(H2,20,21,24)/t14-/m0/s1. The molecule has 6 nitrogen and oxygen atoms in total. The number of nitrogens with one attached hydrogen (secondary N) is 2. The van der Waals surface area contributed by atoms with Crippen LogP contribution in [0.2, 0.25) is 0 Å². The van der Waals surface area contributed by atoms with Crippen LogP contribution in [-0.2, 0) is 11.3 Å². The van der Waals surface area contributed by atoms with Crippen LogP contribution < -0.4 is 15.5 Å². The maximum absolute atomic E-state index is 13.0. The number of hydrogen-bond acceptors (Lipinski definition) is 3. The van der Waals surface area contributed by atoms with Gasteiger partial charge in [-0.05, 0) is 35.9 Å². The molecule has 24 heavy (non-hydrogen) atoms. The molecule has 3 amide bonds. The average Bonchev–Trinajstić information content (AvgIpc) is 2.95. The highest BCUT2D eigenvalue weighted by atomic mass is 19.1. The van der Waals surface area contributed by atoms with E-state index in [1.165, 1.54) is 12.1 Å². The molecule has 2 aromatic rings. The number of anilines is 1. The van der Waals surface area contributed by atoms with Gasteiger partial charge in [-0.1, -0.05) is 6.07 Å². The number of pyridine rings is 1. The van der Waals surface area contributed by atoms with Crippen molar-refractivity contribution in [3.8, 4) is 0 Å². The molecule has 0 aliphatic carbocycles. The van der Waals surface area contributed by atoms with E-state index >= 15 is 0 Å². The molecular formula is C17H17FN4O2. The number of amides is 3. The van der Waals surface area contributed by atoms with E-state index < -0.39 is 0 Å². The number of benzene rings is 1. The summed E-state index contributed by atoms with van der Waals surface area (Å²) >= 11 is 0. The third-order valence-electron chi connectivity index (χ3n) is 3.77. The zero-order chi connectivity index (χ0) is 16.9. The molecule has 124 valence electrons. The van der Waals surface area contributed by atoms with Crippen LogP contribution in [0.15, 0.2) is 48.8 Å². The summed E-state index contributed by atoms with van der Waals surface area (Å²) in [5, 5.41) is 5.52. The topological polar surface area (TPSA) is 74.3 Å². The molecule has 0 bridgehead atoms. The summed E-state index contributed by atoms with van der Waals surface area (Å²) in [5.74, 6) is -0.450. The molecule has 3 rings (SSSR count). The Kier molecular flexibility index (Phi) is 4.69. The SMILES string of the molecule is O=C(NCc1cccnc1)N[C@H]1CC(=O)N(c2ccc(F)cc2)C1. The highest BCUT2D eigenvalue weighted by Gasteiger charge is 2.31. The van der Waals surface area contributed by atoms with Gasteiger partial charge in [0.15, 0.2) is 0 Å². The van der Waals surface area contributed by atoms with E-state index in [2.05, 4.69) is 15.6 Å². The monoisotopic (exact) mass is 328 g/mol. The second-order valence-electron chi connectivity index (χ2n) is 5.57. The lowest BCUT2D eigenvalue weighted by molar-refractivity contribution is -0.117. The Balaban J connectivity index is 1.52. The van der Waals surface area contributed by atoms with Crippen molar-refractivity contribution in [2.24, 2.45) is 0 Å². The maximum atomic E-state index is 13.0. The number of carbonyl (C=O) groups is 2. The van der Waals surface area contributed by atoms with E-state index in [4.69, 9.17) is 0 Å². The van der Waals surface area contributed by atoms with Gasteiger partial charge in [-0.25, -0.2) is 9.18 Å². The predicted octanol–water partition coefficient (Wildman–Crippen LogP) is 1.83. The quantitative estimate of drug-likeness (QED) is 0.899. The van der Waals surface area contributed by atoms with Crippen molar-refractivity contribution < 1.29 is 14.0 Å². The first-order chi connectivity index (χ1) is 11.6. The number of rotatable bonds is 4. The van der Waals surface area contributed by atoms with Crippen molar-refractivity contribution in [2.45, 2.75) is 19.0 Å². The normalized spacial score (nSPS) is 17.0. The lowest BCUT2D eigenvalue weighted by Crippen LogP contribution is -2.43. The maximum Gasteiger partial charge on any atom is 0.315 e. The van der Waals surface area contributed by atoms with Crippen LogP contribution in [0.3, 0.4) is 0 Å². The first-order valence-corrected chi connectivity index (χ1v) is 7.61. The third-order valence-corrected chi connectivity index (χ3v) is 3.77. The molecule has 0 radical (unpaired) electrons. The molecule has 1 aromatic carbocycles. The number of urea groups is 1. The van der Waals surface area contributed by atoms with Crippen LogP contribution in [0.25, 0.3) is 0 Å². The Labute approximate surface area is 138 Å². The highest BCUT2D eigenvalue weighted by molar-refractivity contribution is 5.96. The largest absolute Gasteiger partial charge is 0.334 e. The van der Waals surface area contributed by atoms with Gasteiger partial charge >= 0.3 is 6.03 Å². The number of hydrogen-bond donors (Lipinski definition) is 2. The molecule has 0 saturated carbocycles. The lowest BCUT2D eigenvalue weighted by Gasteiger charge is -2.17. The predicted molar refractivity (Wildman–Crippen MR) is 86.8 cm³/mol. The number of aromatic nitrogens is 1. The van der Waals surface area contributed by atoms with Crippen molar-refractivity contribution in [1.29, 1.82) is 0 Å². The van der Waals surface area contributed by atoms with Crippen LogP contribution in [0, 0.1) is 5.82 Å². The lowest BCUT2D eigenvalue weighted by atomic mass is 10.2. The minimum atomic E-state index is -0.352. The van der Waals surface area contributed by atoms with Gasteiger partial charge in [-0.2, -0.15) is 0 Å². The Bertz CT molecular complexity index is 721. The van der Waals surface area contributed by atoms with Gasteiger partial charge in [-0.15, -0.1) is 0 Å². The Morgan fingerprint density at radius 2 is 2.08 bits per heavy atom. The van der Waals surface area contributed by atoms with Crippen LogP contribution >= 0.6 is 0 Å². The molecule has 1 atom stereocenters. The van der Waals surface area contributed by atoms with Crippen LogP contribution in [-0.4, -0.2) is 29.5 Å². The fraction of sp³-hybridized carbons (Fsp3) is 0.235. The summed E-state index contributed by atoms with van der Waals surface area (Å²) in [6.45, 7) is 0.729. The molecule has 0 spiro atoms. The molecular weight excluding hydrogens is 311 g/mol. The van der Waals surface area contributed by atoms with Gasteiger partial charge in [-0.3, -0.25) is 9.78 Å². The van der Waals surface area contributed by atoms with E-state index in [1.807, 2.05) is 6.07 Å². The van der Waals surface area contributed by atoms with Crippen molar-refractivity contribution in [3.05, 3.63) is 60.2 Å². The minimum absolute atomic E-state index is 0.0980. The van der Waals surface area contributed by atoms with Crippen LogP contribution in [0.1, 0.15) is 12.0 Å². The Morgan fingerprint density at radius 1 is 1.29 bits per heavy atom. The average molecular weight is 328 g/mol. The summed E-state index contributed by atoms with van der Waals surface area (Å²) in [4.78, 5) is 29.6. The first-order valence-electron chi connectivity index (χ1n) is 7.61. The summed E-state index contributed by atoms with van der Waals surface area (Å²) in [7, 11) is 0. The molecule has 2 heterocycles. The second-order valence-corrected chi connectivity index (χ2v) is 5.57. The molecule has 2 N–H and O–H groups in total. The van der Waals surface area contributed by atoms with Crippen molar-refractivity contribution in [1.82, 2.24) is 15.6 Å². The molecule has 1 fully saturated rings. The molecule has 1 saturated heterocycles. The molecule has 0 unspecified atom stereocenters. The zero-order valence-corrected chi connectivity index (χ0v) is 12.9. The second kappa shape index (κ2) is 7.08. The van der Waals surface area contributed by atoms with E-state index in [1.54, 1.807) is 35.5 Å². The Morgan fingerprint density at radius 3 is 2.79 bits per heavy atom. The van der Waals surface area contributed by atoms with Crippen LogP contribution in [0.5, 0.6) is 0 Å². The Hall–Kier alpha value is -2.96. The van der Waals surface area contributed by atoms with E-state index in [9.17, 15) is 14.0 Å². The summed E-state index contributed by atoms with van der Waals surface area (Å²) in [5.41, 5.74) is 1.52. The highest BCUT2D eigenvalue weighted by Crippen LogP contribution is 2.21. The van der Waals surface area contributed by atoms with E-state index in [-0.39, 0.29) is 30.2 Å². The summed E-state index contributed by atoms with van der Waals surface area (Å²) in [6, 6.07) is 8.77. The van der Waals surface area contributed by atoms with Gasteiger partial charge < -0.3 is 15.5 Å². The van der Waals surface area contributed by atoms with Crippen molar-refractivity contribution in [2.75, 3.05) is 11.4 Å². The zero-order valence-electron chi connectivity index (χ0n) is 12.9. The number of nitrogens with zero attached hydrogens (tertiary/aromatic N) is 2. The summed E-state index contributed by atoms with van der Waals surface area (Å²) < 4.78 is 13.0. The van der Waals surface area contributed by atoms with Crippen molar-refractivity contribution in [3.63, 3.8) is 0 Å². The fourth-order valence-corrected chi connectivity index (χ4v) is 2.60. The van der Waals surface area contributed by atoms with Gasteiger partial charge in [0.1, 0.15) is 5.82 Å². The minimum Gasteiger partial charge on any atom is -0.334 e. The molecule has 1 aromatic heterocycles. The fourth-order valence-electron chi connectivity index (χ4n) is 2.60. The van der Waals surface area contributed by atoms with E-state index in [0.29, 0.717) is 18.8 Å². The van der Waals surface area contributed by atoms with Gasteiger partial charge in [0.2, 0.25) is 5.91 Å². The number of halogens is 1. The molecule has 1 aliphatic rings. The van der Waals surface area contributed by atoms with Crippen molar-refractivity contribution >= 4 is 17.6 Å². The number of carbonyl (C=O) groups excluding carboxylic acids is 2.